The summed E-state index contributed by atoms with van der Waals surface area (Å²) in [7, 11) is 1.83. The average Bonchev–Trinajstić information content (AvgIpc) is 2.47. The van der Waals surface area contributed by atoms with E-state index >= 15 is 0 Å². The molecule has 0 unspecified atom stereocenters. The maximum absolute atomic E-state index is 5.54. The lowest BCUT2D eigenvalue weighted by atomic mass is 9.79. The lowest BCUT2D eigenvalue weighted by Gasteiger charge is -2.41. The highest BCUT2D eigenvalue weighted by Crippen LogP contribution is 2.32. The Morgan fingerprint density at radius 3 is 2.55 bits per heavy atom. The van der Waals surface area contributed by atoms with Crippen LogP contribution in [0.25, 0.3) is 0 Å². The molecule has 0 spiro atoms. The molecule has 1 saturated heterocycles. The lowest BCUT2D eigenvalue weighted by molar-refractivity contribution is 0.0589. The van der Waals surface area contributed by atoms with E-state index in [1.54, 1.807) is 0 Å². The summed E-state index contributed by atoms with van der Waals surface area (Å²) in [6, 6.07) is 8.68. The van der Waals surface area contributed by atoms with Crippen LogP contribution in [0.3, 0.4) is 0 Å². The first-order valence-electron chi connectivity index (χ1n) is 7.71. The maximum Gasteiger partial charge on any atom is 0.0536 e. The number of hydrogen-bond donors (Lipinski definition) is 1. The van der Waals surface area contributed by atoms with Gasteiger partial charge >= 0.3 is 0 Å². The van der Waals surface area contributed by atoms with Gasteiger partial charge in [-0.2, -0.15) is 0 Å². The smallest absolute Gasteiger partial charge is 0.0536 e. The molecule has 0 amide bonds. The van der Waals surface area contributed by atoms with Gasteiger partial charge in [0, 0.05) is 31.3 Å². The average molecular weight is 276 g/mol. The van der Waals surface area contributed by atoms with Gasteiger partial charge in [-0.3, -0.25) is 0 Å². The predicted octanol–water partition coefficient (Wildman–Crippen LogP) is 2.84. The highest BCUT2D eigenvalue weighted by molar-refractivity contribution is 5.53. The summed E-state index contributed by atoms with van der Waals surface area (Å²) >= 11 is 0. The summed E-state index contributed by atoms with van der Waals surface area (Å²) in [5.41, 5.74) is 3.01. The van der Waals surface area contributed by atoms with Crippen molar-refractivity contribution in [3.05, 3.63) is 29.8 Å². The van der Waals surface area contributed by atoms with Crippen molar-refractivity contribution in [2.75, 3.05) is 44.8 Å². The molecule has 1 aliphatic rings. The molecule has 112 valence electrons. The van der Waals surface area contributed by atoms with Crippen molar-refractivity contribution < 1.29 is 4.74 Å². The molecule has 0 aromatic heterocycles. The van der Waals surface area contributed by atoms with E-state index in [1.807, 2.05) is 7.11 Å². The molecule has 1 aromatic carbocycles. The summed E-state index contributed by atoms with van der Waals surface area (Å²) in [6.45, 7) is 9.64. The molecule has 0 saturated carbocycles. The summed E-state index contributed by atoms with van der Waals surface area (Å²) in [4.78, 5) is 2.51. The van der Waals surface area contributed by atoms with Crippen molar-refractivity contribution in [1.82, 2.24) is 5.32 Å². The molecule has 1 heterocycles. The molecule has 1 aliphatic heterocycles. The zero-order valence-electron chi connectivity index (χ0n) is 13.1. The largest absolute Gasteiger partial charge is 0.384 e. The van der Waals surface area contributed by atoms with Crippen LogP contribution in [0.1, 0.15) is 25.3 Å². The van der Waals surface area contributed by atoms with E-state index in [2.05, 4.69) is 48.3 Å². The molecule has 20 heavy (non-hydrogen) atoms. The van der Waals surface area contributed by atoms with Crippen LogP contribution in [0.15, 0.2) is 24.3 Å². The van der Waals surface area contributed by atoms with Crippen LogP contribution in [-0.4, -0.2) is 39.9 Å². The molecule has 2 rings (SSSR count). The monoisotopic (exact) mass is 276 g/mol. The van der Waals surface area contributed by atoms with Gasteiger partial charge in [0.05, 0.1) is 6.61 Å². The molecule has 1 fully saturated rings. The molecule has 1 aromatic rings. The second-order valence-electron chi connectivity index (χ2n) is 5.98. The van der Waals surface area contributed by atoms with Gasteiger partial charge in [-0.15, -0.1) is 0 Å². The predicted molar refractivity (Wildman–Crippen MR) is 85.5 cm³/mol. The number of nitrogens with zero attached hydrogens (tertiary/aromatic N) is 1. The highest BCUT2D eigenvalue weighted by Gasteiger charge is 2.34. The van der Waals surface area contributed by atoms with Crippen LogP contribution in [0.2, 0.25) is 0 Å². The Bertz CT molecular complexity index is 408. The van der Waals surface area contributed by atoms with E-state index in [4.69, 9.17) is 4.74 Å². The minimum Gasteiger partial charge on any atom is -0.384 e. The fraction of sp³-hybridized carbons (Fsp3) is 0.647. The standard InChI is InChI=1S/C17H28N2O/c1-4-19(16-8-6-5-7-15(16)2)13-17(14-20-3)9-11-18-12-10-17/h5-8,18H,4,9-14H2,1-3H3. The second kappa shape index (κ2) is 7.09. The van der Waals surface area contributed by atoms with Gasteiger partial charge in [-0.1, -0.05) is 18.2 Å². The van der Waals surface area contributed by atoms with E-state index in [1.165, 1.54) is 24.1 Å². The summed E-state index contributed by atoms with van der Waals surface area (Å²) < 4.78 is 5.54. The molecule has 0 aliphatic carbocycles. The molecular weight excluding hydrogens is 248 g/mol. The second-order valence-corrected chi connectivity index (χ2v) is 5.98. The number of para-hydroxylation sites is 1. The number of anilines is 1. The number of hydrogen-bond acceptors (Lipinski definition) is 3. The zero-order chi connectivity index (χ0) is 14.4. The lowest BCUT2D eigenvalue weighted by Crippen LogP contribution is -2.47. The van der Waals surface area contributed by atoms with Crippen LogP contribution in [0.4, 0.5) is 5.69 Å². The molecule has 3 nitrogen and oxygen atoms in total. The van der Waals surface area contributed by atoms with Crippen LogP contribution < -0.4 is 10.2 Å². The van der Waals surface area contributed by atoms with E-state index in [-0.39, 0.29) is 5.41 Å². The van der Waals surface area contributed by atoms with Crippen molar-refractivity contribution in [2.24, 2.45) is 5.41 Å². The molecule has 1 N–H and O–H groups in total. The number of nitrogens with one attached hydrogen (secondary N) is 1. The normalized spacial score (nSPS) is 17.9. The first-order chi connectivity index (χ1) is 9.71. The summed E-state index contributed by atoms with van der Waals surface area (Å²) in [5, 5.41) is 3.47. The van der Waals surface area contributed by atoms with Gasteiger partial charge in [0.2, 0.25) is 0 Å². The Labute approximate surface area is 123 Å². The third-order valence-corrected chi connectivity index (χ3v) is 4.48. The van der Waals surface area contributed by atoms with Gasteiger partial charge in [-0.05, 0) is 51.4 Å². The van der Waals surface area contributed by atoms with Crippen LogP contribution in [-0.2, 0) is 4.74 Å². The number of methoxy groups -OCH3 is 1. The van der Waals surface area contributed by atoms with Crippen molar-refractivity contribution in [1.29, 1.82) is 0 Å². The van der Waals surface area contributed by atoms with Gasteiger partial charge in [0.1, 0.15) is 0 Å². The molecule has 0 radical (unpaired) electrons. The van der Waals surface area contributed by atoms with Gasteiger partial charge in [-0.25, -0.2) is 0 Å². The van der Waals surface area contributed by atoms with Crippen LogP contribution in [0.5, 0.6) is 0 Å². The first-order valence-corrected chi connectivity index (χ1v) is 7.71. The third-order valence-electron chi connectivity index (χ3n) is 4.48. The SMILES string of the molecule is CCN(CC1(COC)CCNCC1)c1ccccc1C. The van der Waals surface area contributed by atoms with Crippen LogP contribution in [0, 0.1) is 12.3 Å². The molecule has 0 atom stereocenters. The Morgan fingerprint density at radius 2 is 1.95 bits per heavy atom. The van der Waals surface area contributed by atoms with Crippen molar-refractivity contribution in [2.45, 2.75) is 26.7 Å². The Kier molecular flexibility index (Phi) is 5.44. The zero-order valence-corrected chi connectivity index (χ0v) is 13.1. The maximum atomic E-state index is 5.54. The molecule has 3 heteroatoms. The van der Waals surface area contributed by atoms with Gasteiger partial charge in [0.25, 0.3) is 0 Å². The number of rotatable bonds is 6. The van der Waals surface area contributed by atoms with Crippen molar-refractivity contribution in [3.8, 4) is 0 Å². The van der Waals surface area contributed by atoms with Gasteiger partial charge in [0.15, 0.2) is 0 Å². The van der Waals surface area contributed by atoms with Crippen molar-refractivity contribution >= 4 is 5.69 Å². The minimum absolute atomic E-state index is 0.290. The molecular formula is C17H28N2O. The summed E-state index contributed by atoms with van der Waals surface area (Å²) in [5.74, 6) is 0. The number of benzene rings is 1. The number of piperidine rings is 1. The minimum atomic E-state index is 0.290. The Morgan fingerprint density at radius 1 is 1.25 bits per heavy atom. The van der Waals surface area contributed by atoms with E-state index in [0.717, 1.165) is 32.8 Å². The van der Waals surface area contributed by atoms with E-state index < -0.39 is 0 Å². The van der Waals surface area contributed by atoms with Crippen LogP contribution >= 0.6 is 0 Å². The molecule has 0 bridgehead atoms. The number of aryl methyl sites for hydroxylation is 1. The third kappa shape index (κ3) is 3.53. The van der Waals surface area contributed by atoms with Crippen molar-refractivity contribution in [3.63, 3.8) is 0 Å². The fourth-order valence-electron chi connectivity index (χ4n) is 3.30. The highest BCUT2D eigenvalue weighted by atomic mass is 16.5. The quantitative estimate of drug-likeness (QED) is 0.864. The number of ether oxygens (including phenoxy) is 1. The fourth-order valence-corrected chi connectivity index (χ4v) is 3.30. The summed E-state index contributed by atoms with van der Waals surface area (Å²) in [6.07, 6.45) is 2.40. The first kappa shape index (κ1) is 15.3. The Balaban J connectivity index is 2.16. The Hall–Kier alpha value is -1.06. The van der Waals surface area contributed by atoms with Gasteiger partial charge < -0.3 is 15.0 Å². The topological polar surface area (TPSA) is 24.5 Å². The van der Waals surface area contributed by atoms with E-state index in [9.17, 15) is 0 Å². The van der Waals surface area contributed by atoms with E-state index in [0.29, 0.717) is 0 Å².